The number of anilines is 1. The van der Waals surface area contributed by atoms with Gasteiger partial charge < -0.3 is 5.32 Å². The number of benzene rings is 1. The van der Waals surface area contributed by atoms with Crippen molar-refractivity contribution in [3.05, 3.63) is 66.6 Å². The molecule has 1 aliphatic carbocycles. The SMILES string of the molecule is Cc1cncc(-c2nc(NCC3CCCCC3)c3c(-c4ccccc4)ccn3n2)c1. The molecule has 1 N–H and O–H groups in total. The highest BCUT2D eigenvalue weighted by Gasteiger charge is 2.18. The van der Waals surface area contributed by atoms with Crippen LogP contribution >= 0.6 is 0 Å². The van der Waals surface area contributed by atoms with Crippen molar-refractivity contribution in [1.29, 1.82) is 0 Å². The molecule has 0 bridgehead atoms. The second-order valence-corrected chi connectivity index (χ2v) is 8.31. The predicted molar refractivity (Wildman–Crippen MR) is 121 cm³/mol. The van der Waals surface area contributed by atoms with Crippen molar-refractivity contribution in [1.82, 2.24) is 19.6 Å². The molecule has 1 aromatic carbocycles. The number of aryl methyl sites for hydroxylation is 1. The van der Waals surface area contributed by atoms with E-state index in [1.54, 1.807) is 0 Å². The van der Waals surface area contributed by atoms with Gasteiger partial charge in [-0.1, -0.05) is 49.6 Å². The van der Waals surface area contributed by atoms with Crippen LogP contribution in [0.15, 0.2) is 61.1 Å². The second kappa shape index (κ2) is 8.27. The van der Waals surface area contributed by atoms with Crippen LogP contribution in [0.25, 0.3) is 28.0 Å². The van der Waals surface area contributed by atoms with Crippen LogP contribution in [0.2, 0.25) is 0 Å². The zero-order valence-electron chi connectivity index (χ0n) is 17.4. The average molecular weight is 398 g/mol. The molecule has 0 spiro atoms. The molecule has 5 heteroatoms. The molecule has 152 valence electrons. The summed E-state index contributed by atoms with van der Waals surface area (Å²) in [5, 5.41) is 8.50. The summed E-state index contributed by atoms with van der Waals surface area (Å²) in [5.41, 5.74) is 5.39. The molecule has 1 fully saturated rings. The lowest BCUT2D eigenvalue weighted by Gasteiger charge is -2.22. The van der Waals surface area contributed by atoms with Gasteiger partial charge in [-0.3, -0.25) is 4.98 Å². The Labute approximate surface area is 177 Å². The standard InChI is InChI=1S/C25H27N5/c1-18-14-21(17-26-15-18)24-28-25(27-16-19-8-4-2-5-9-19)23-22(12-13-30(23)29-24)20-10-6-3-7-11-20/h3,6-7,10-15,17,19H,2,4-5,8-9,16H2,1H3,(H,27,28,29). The molecule has 30 heavy (non-hydrogen) atoms. The summed E-state index contributed by atoms with van der Waals surface area (Å²) in [6.07, 6.45) is 12.4. The maximum Gasteiger partial charge on any atom is 0.183 e. The highest BCUT2D eigenvalue weighted by molar-refractivity contribution is 5.89. The van der Waals surface area contributed by atoms with Gasteiger partial charge in [0.1, 0.15) is 5.52 Å². The van der Waals surface area contributed by atoms with Gasteiger partial charge in [0.15, 0.2) is 11.6 Å². The average Bonchev–Trinajstić information content (AvgIpc) is 3.23. The fraction of sp³-hybridized carbons (Fsp3) is 0.320. The van der Waals surface area contributed by atoms with Gasteiger partial charge in [-0.15, -0.1) is 5.10 Å². The molecular weight excluding hydrogens is 370 g/mol. The lowest BCUT2D eigenvalue weighted by molar-refractivity contribution is 0.373. The second-order valence-electron chi connectivity index (χ2n) is 8.31. The van der Waals surface area contributed by atoms with Crippen molar-refractivity contribution in [3.8, 4) is 22.5 Å². The van der Waals surface area contributed by atoms with Crippen molar-refractivity contribution in [2.45, 2.75) is 39.0 Å². The van der Waals surface area contributed by atoms with Gasteiger partial charge in [-0.25, -0.2) is 9.50 Å². The number of rotatable bonds is 5. The first kappa shape index (κ1) is 18.8. The van der Waals surface area contributed by atoms with Crippen LogP contribution in [0, 0.1) is 12.8 Å². The van der Waals surface area contributed by atoms with Crippen molar-refractivity contribution in [2.75, 3.05) is 11.9 Å². The zero-order chi connectivity index (χ0) is 20.3. The third kappa shape index (κ3) is 3.80. The Morgan fingerprint density at radius 1 is 1.00 bits per heavy atom. The van der Waals surface area contributed by atoms with E-state index in [0.717, 1.165) is 34.6 Å². The molecule has 3 heterocycles. The molecule has 3 aromatic heterocycles. The topological polar surface area (TPSA) is 55.1 Å². The molecule has 1 aliphatic rings. The molecule has 1 saturated carbocycles. The highest BCUT2D eigenvalue weighted by Crippen LogP contribution is 2.32. The van der Waals surface area contributed by atoms with E-state index in [1.807, 2.05) is 36.1 Å². The smallest absolute Gasteiger partial charge is 0.183 e. The molecule has 0 aliphatic heterocycles. The molecule has 0 unspecified atom stereocenters. The quantitative estimate of drug-likeness (QED) is 0.465. The predicted octanol–water partition coefficient (Wildman–Crippen LogP) is 5.76. The van der Waals surface area contributed by atoms with E-state index in [2.05, 4.69) is 46.7 Å². The van der Waals surface area contributed by atoms with Crippen LogP contribution in [-0.2, 0) is 0 Å². The number of aromatic nitrogens is 4. The van der Waals surface area contributed by atoms with E-state index < -0.39 is 0 Å². The summed E-state index contributed by atoms with van der Waals surface area (Å²) in [7, 11) is 0. The van der Waals surface area contributed by atoms with Gasteiger partial charge in [-0.2, -0.15) is 0 Å². The normalized spacial score (nSPS) is 14.8. The third-order valence-corrected chi connectivity index (χ3v) is 6.01. The molecule has 5 nitrogen and oxygen atoms in total. The molecule has 0 radical (unpaired) electrons. The first-order valence-electron chi connectivity index (χ1n) is 10.9. The van der Waals surface area contributed by atoms with Gasteiger partial charge in [0.25, 0.3) is 0 Å². The van der Waals surface area contributed by atoms with Gasteiger partial charge >= 0.3 is 0 Å². The van der Waals surface area contributed by atoms with Crippen molar-refractivity contribution in [2.24, 2.45) is 5.92 Å². The van der Waals surface area contributed by atoms with Crippen LogP contribution in [0.4, 0.5) is 5.82 Å². The molecule has 4 aromatic rings. The minimum Gasteiger partial charge on any atom is -0.368 e. The molecule has 5 rings (SSSR count). The van der Waals surface area contributed by atoms with E-state index in [0.29, 0.717) is 11.7 Å². The Morgan fingerprint density at radius 2 is 1.83 bits per heavy atom. The zero-order valence-corrected chi connectivity index (χ0v) is 17.4. The van der Waals surface area contributed by atoms with E-state index >= 15 is 0 Å². The number of pyridine rings is 1. The van der Waals surface area contributed by atoms with Gasteiger partial charge in [-0.05, 0) is 48.9 Å². The van der Waals surface area contributed by atoms with Crippen molar-refractivity contribution >= 4 is 11.3 Å². The monoisotopic (exact) mass is 397 g/mol. The van der Waals surface area contributed by atoms with E-state index in [4.69, 9.17) is 10.1 Å². The Morgan fingerprint density at radius 3 is 2.63 bits per heavy atom. The Bertz CT molecular complexity index is 1140. The Balaban J connectivity index is 1.59. The number of fused-ring (bicyclic) bond motifs is 1. The maximum absolute atomic E-state index is 4.97. The van der Waals surface area contributed by atoms with Crippen molar-refractivity contribution < 1.29 is 0 Å². The summed E-state index contributed by atoms with van der Waals surface area (Å²) in [4.78, 5) is 9.30. The molecule has 0 atom stereocenters. The van der Waals surface area contributed by atoms with Crippen LogP contribution in [0.3, 0.4) is 0 Å². The van der Waals surface area contributed by atoms with E-state index in [9.17, 15) is 0 Å². The summed E-state index contributed by atoms with van der Waals surface area (Å²) in [5.74, 6) is 2.31. The minimum absolute atomic E-state index is 0.694. The van der Waals surface area contributed by atoms with Gasteiger partial charge in [0.2, 0.25) is 0 Å². The fourth-order valence-electron chi connectivity index (χ4n) is 4.43. The Kier molecular flexibility index (Phi) is 5.18. The number of nitrogens with one attached hydrogen (secondary N) is 1. The van der Waals surface area contributed by atoms with Crippen LogP contribution in [0.5, 0.6) is 0 Å². The highest BCUT2D eigenvalue weighted by atomic mass is 15.3. The number of hydrogen-bond donors (Lipinski definition) is 1. The lowest BCUT2D eigenvalue weighted by Crippen LogP contribution is -2.18. The van der Waals surface area contributed by atoms with E-state index in [1.165, 1.54) is 37.7 Å². The van der Waals surface area contributed by atoms with Gasteiger partial charge in [0, 0.05) is 36.3 Å². The largest absolute Gasteiger partial charge is 0.368 e. The molecule has 0 amide bonds. The summed E-state index contributed by atoms with van der Waals surface area (Å²) in [6, 6.07) is 14.7. The number of hydrogen-bond acceptors (Lipinski definition) is 4. The Hall–Kier alpha value is -3.21. The van der Waals surface area contributed by atoms with Crippen LogP contribution in [0.1, 0.15) is 37.7 Å². The van der Waals surface area contributed by atoms with Crippen LogP contribution < -0.4 is 5.32 Å². The first-order chi connectivity index (χ1) is 14.8. The molecule has 0 saturated heterocycles. The van der Waals surface area contributed by atoms with E-state index in [-0.39, 0.29) is 0 Å². The third-order valence-electron chi connectivity index (χ3n) is 6.01. The first-order valence-corrected chi connectivity index (χ1v) is 10.9. The molecular formula is C25H27N5. The minimum atomic E-state index is 0.694. The summed E-state index contributed by atoms with van der Waals surface area (Å²) in [6.45, 7) is 3.00. The summed E-state index contributed by atoms with van der Waals surface area (Å²) >= 11 is 0. The maximum atomic E-state index is 4.97. The number of nitrogens with zero attached hydrogens (tertiary/aromatic N) is 4. The fourth-order valence-corrected chi connectivity index (χ4v) is 4.43. The summed E-state index contributed by atoms with van der Waals surface area (Å²) < 4.78 is 1.95. The van der Waals surface area contributed by atoms with Gasteiger partial charge in [0.05, 0.1) is 0 Å². The lowest BCUT2D eigenvalue weighted by atomic mass is 9.89. The van der Waals surface area contributed by atoms with Crippen LogP contribution in [-0.4, -0.2) is 26.1 Å². The van der Waals surface area contributed by atoms with Crippen molar-refractivity contribution in [3.63, 3.8) is 0 Å².